The summed E-state index contributed by atoms with van der Waals surface area (Å²) in [5.74, 6) is -0.253. The SMILES string of the molecule is FCC1(c2ccc(F)cc2)CCC1. The molecule has 1 aliphatic rings. The van der Waals surface area contributed by atoms with Gasteiger partial charge in [-0.1, -0.05) is 18.6 Å². The second-order valence-corrected chi connectivity index (χ2v) is 3.77. The minimum absolute atomic E-state index is 0.253. The maximum absolute atomic E-state index is 12.8. The van der Waals surface area contributed by atoms with E-state index in [-0.39, 0.29) is 17.9 Å². The van der Waals surface area contributed by atoms with Gasteiger partial charge in [0.05, 0.1) is 6.67 Å². The van der Waals surface area contributed by atoms with Crippen LogP contribution in [-0.2, 0) is 5.41 Å². The second kappa shape index (κ2) is 3.09. The zero-order valence-electron chi connectivity index (χ0n) is 7.39. The van der Waals surface area contributed by atoms with E-state index in [2.05, 4.69) is 0 Å². The van der Waals surface area contributed by atoms with Crippen LogP contribution in [0.3, 0.4) is 0 Å². The number of halogens is 2. The van der Waals surface area contributed by atoms with Crippen molar-refractivity contribution in [2.24, 2.45) is 0 Å². The van der Waals surface area contributed by atoms with E-state index in [1.165, 1.54) is 12.1 Å². The van der Waals surface area contributed by atoms with Gasteiger partial charge in [-0.15, -0.1) is 0 Å². The predicted molar refractivity (Wildman–Crippen MR) is 47.9 cm³/mol. The Morgan fingerprint density at radius 3 is 2.15 bits per heavy atom. The minimum Gasteiger partial charge on any atom is -0.250 e. The van der Waals surface area contributed by atoms with Crippen LogP contribution >= 0.6 is 0 Å². The fourth-order valence-electron chi connectivity index (χ4n) is 1.91. The van der Waals surface area contributed by atoms with Crippen molar-refractivity contribution in [2.75, 3.05) is 6.67 Å². The average Bonchev–Trinajstić information content (AvgIpc) is 2.07. The standard InChI is InChI=1S/C11H12F2/c12-8-11(6-1-7-11)9-2-4-10(13)5-3-9/h2-5H,1,6-8H2. The molecule has 2 rings (SSSR count). The Morgan fingerprint density at radius 1 is 1.15 bits per heavy atom. The lowest BCUT2D eigenvalue weighted by atomic mass is 9.65. The molecule has 2 heteroatoms. The molecule has 0 amide bonds. The summed E-state index contributed by atoms with van der Waals surface area (Å²) in [4.78, 5) is 0. The molecule has 1 fully saturated rings. The van der Waals surface area contributed by atoms with Gasteiger partial charge in [0.15, 0.2) is 0 Å². The van der Waals surface area contributed by atoms with Crippen molar-refractivity contribution >= 4 is 0 Å². The zero-order chi connectivity index (χ0) is 9.31. The first kappa shape index (κ1) is 8.67. The number of benzene rings is 1. The summed E-state index contributed by atoms with van der Waals surface area (Å²) in [5, 5.41) is 0. The molecule has 0 nitrogen and oxygen atoms in total. The molecule has 1 aromatic carbocycles. The summed E-state index contributed by atoms with van der Waals surface area (Å²) < 4.78 is 25.4. The Balaban J connectivity index is 2.28. The smallest absolute Gasteiger partial charge is 0.123 e. The first-order valence-corrected chi connectivity index (χ1v) is 4.59. The van der Waals surface area contributed by atoms with Gasteiger partial charge in [0.2, 0.25) is 0 Å². The number of alkyl halides is 1. The van der Waals surface area contributed by atoms with E-state index >= 15 is 0 Å². The third-order valence-electron chi connectivity index (χ3n) is 3.02. The van der Waals surface area contributed by atoms with Gasteiger partial charge in [-0.2, -0.15) is 0 Å². The fourth-order valence-corrected chi connectivity index (χ4v) is 1.91. The van der Waals surface area contributed by atoms with Crippen molar-refractivity contribution in [1.29, 1.82) is 0 Å². The summed E-state index contributed by atoms with van der Waals surface area (Å²) in [7, 11) is 0. The molecule has 0 spiro atoms. The third kappa shape index (κ3) is 1.34. The lowest BCUT2D eigenvalue weighted by Gasteiger charge is -2.40. The van der Waals surface area contributed by atoms with E-state index in [4.69, 9.17) is 0 Å². The maximum atomic E-state index is 12.8. The largest absolute Gasteiger partial charge is 0.250 e. The van der Waals surface area contributed by atoms with Crippen LogP contribution in [0.2, 0.25) is 0 Å². The van der Waals surface area contributed by atoms with Crippen LogP contribution in [0.25, 0.3) is 0 Å². The van der Waals surface area contributed by atoms with Crippen LogP contribution in [0.1, 0.15) is 24.8 Å². The topological polar surface area (TPSA) is 0 Å². The molecule has 0 saturated heterocycles. The molecule has 70 valence electrons. The van der Waals surface area contributed by atoms with Crippen molar-refractivity contribution in [1.82, 2.24) is 0 Å². The van der Waals surface area contributed by atoms with Crippen LogP contribution < -0.4 is 0 Å². The van der Waals surface area contributed by atoms with Gasteiger partial charge in [0.1, 0.15) is 5.82 Å². The highest BCUT2D eigenvalue weighted by atomic mass is 19.1. The molecule has 0 radical (unpaired) electrons. The van der Waals surface area contributed by atoms with Crippen molar-refractivity contribution in [3.05, 3.63) is 35.6 Å². The summed E-state index contributed by atoms with van der Waals surface area (Å²) in [6.07, 6.45) is 2.88. The number of hydrogen-bond donors (Lipinski definition) is 0. The van der Waals surface area contributed by atoms with Gasteiger partial charge in [-0.05, 0) is 30.5 Å². The van der Waals surface area contributed by atoms with E-state index in [0.717, 1.165) is 24.8 Å². The Hall–Kier alpha value is -0.920. The zero-order valence-corrected chi connectivity index (χ0v) is 7.39. The average molecular weight is 182 g/mol. The Kier molecular flexibility index (Phi) is 2.06. The molecular formula is C11H12F2. The molecule has 13 heavy (non-hydrogen) atoms. The van der Waals surface area contributed by atoms with Crippen LogP contribution in [0.15, 0.2) is 24.3 Å². The van der Waals surface area contributed by atoms with Crippen molar-refractivity contribution in [3.63, 3.8) is 0 Å². The molecule has 0 atom stereocenters. The molecular weight excluding hydrogens is 170 g/mol. The third-order valence-corrected chi connectivity index (χ3v) is 3.02. The highest BCUT2D eigenvalue weighted by molar-refractivity contribution is 5.28. The molecule has 0 aromatic heterocycles. The first-order valence-electron chi connectivity index (χ1n) is 4.59. The predicted octanol–water partition coefficient (Wildman–Crippen LogP) is 3.22. The molecule has 0 heterocycles. The molecule has 1 saturated carbocycles. The molecule has 1 aromatic rings. The normalized spacial score (nSPS) is 19.5. The monoisotopic (exact) mass is 182 g/mol. The molecule has 1 aliphatic carbocycles. The van der Waals surface area contributed by atoms with Crippen molar-refractivity contribution < 1.29 is 8.78 Å². The molecule has 0 aliphatic heterocycles. The molecule has 0 bridgehead atoms. The van der Waals surface area contributed by atoms with E-state index in [9.17, 15) is 8.78 Å². The molecule has 0 unspecified atom stereocenters. The van der Waals surface area contributed by atoms with Crippen LogP contribution in [0.5, 0.6) is 0 Å². The highest BCUT2D eigenvalue weighted by Gasteiger charge is 2.38. The summed E-state index contributed by atoms with van der Waals surface area (Å²) >= 11 is 0. The van der Waals surface area contributed by atoms with Gasteiger partial charge >= 0.3 is 0 Å². The quantitative estimate of drug-likeness (QED) is 0.658. The van der Waals surface area contributed by atoms with Crippen LogP contribution in [0.4, 0.5) is 8.78 Å². The van der Waals surface area contributed by atoms with Gasteiger partial charge in [-0.25, -0.2) is 4.39 Å². The summed E-state index contributed by atoms with van der Waals surface area (Å²) in [6, 6.07) is 6.22. The lowest BCUT2D eigenvalue weighted by molar-refractivity contribution is 0.184. The van der Waals surface area contributed by atoms with Gasteiger partial charge < -0.3 is 0 Å². The van der Waals surface area contributed by atoms with Crippen molar-refractivity contribution in [2.45, 2.75) is 24.7 Å². The Bertz CT molecular complexity index is 280. The number of rotatable bonds is 2. The van der Waals surface area contributed by atoms with Crippen LogP contribution in [0, 0.1) is 5.82 Å². The Labute approximate surface area is 76.6 Å². The highest BCUT2D eigenvalue weighted by Crippen LogP contribution is 2.43. The summed E-state index contributed by atoms with van der Waals surface area (Å²) in [5.41, 5.74) is 0.663. The van der Waals surface area contributed by atoms with Gasteiger partial charge in [0.25, 0.3) is 0 Å². The number of hydrogen-bond acceptors (Lipinski definition) is 0. The van der Waals surface area contributed by atoms with E-state index in [0.29, 0.717) is 0 Å². The minimum atomic E-state index is -0.321. The van der Waals surface area contributed by atoms with E-state index in [1.54, 1.807) is 12.1 Å². The van der Waals surface area contributed by atoms with Crippen LogP contribution in [-0.4, -0.2) is 6.67 Å². The Morgan fingerprint density at radius 2 is 1.77 bits per heavy atom. The van der Waals surface area contributed by atoms with Gasteiger partial charge in [0, 0.05) is 5.41 Å². The lowest BCUT2D eigenvalue weighted by Crippen LogP contribution is -2.36. The van der Waals surface area contributed by atoms with Gasteiger partial charge in [-0.3, -0.25) is 4.39 Å². The fraction of sp³-hybridized carbons (Fsp3) is 0.455. The van der Waals surface area contributed by atoms with E-state index < -0.39 is 0 Å². The second-order valence-electron chi connectivity index (χ2n) is 3.77. The van der Waals surface area contributed by atoms with E-state index in [1.807, 2.05) is 0 Å². The van der Waals surface area contributed by atoms with Crippen molar-refractivity contribution in [3.8, 4) is 0 Å². The summed E-state index contributed by atoms with van der Waals surface area (Å²) in [6.45, 7) is -0.321. The molecule has 0 N–H and O–H groups in total. The maximum Gasteiger partial charge on any atom is 0.123 e. The first-order chi connectivity index (χ1) is 6.27.